The van der Waals surface area contributed by atoms with Crippen molar-refractivity contribution in [3.05, 3.63) is 108 Å². The summed E-state index contributed by atoms with van der Waals surface area (Å²) in [6.07, 6.45) is 1.75. The maximum absolute atomic E-state index is 13.0. The summed E-state index contributed by atoms with van der Waals surface area (Å²) in [5, 5.41) is 12.9. The number of carbonyl (C=O) groups is 2. The molecule has 7 N–H and O–H groups in total. The summed E-state index contributed by atoms with van der Waals surface area (Å²) in [6, 6.07) is 22.4. The van der Waals surface area contributed by atoms with E-state index in [0.717, 1.165) is 16.7 Å². The molecule has 0 radical (unpaired) electrons. The number of nitrogens with two attached hydrogens (primary N) is 2. The number of hydrazine groups is 1. The Morgan fingerprint density at radius 2 is 1.60 bits per heavy atom. The summed E-state index contributed by atoms with van der Waals surface area (Å²) in [4.78, 5) is 24.1. The number of halogens is 1. The van der Waals surface area contributed by atoms with Crippen LogP contribution in [0.1, 0.15) is 22.3 Å². The highest BCUT2D eigenvalue weighted by molar-refractivity contribution is 5.94. The lowest BCUT2D eigenvalue weighted by Gasteiger charge is -2.26. The van der Waals surface area contributed by atoms with Crippen LogP contribution in [0.4, 0.5) is 4.39 Å². The smallest absolute Gasteiger partial charge is 0.251 e. The first-order valence-corrected chi connectivity index (χ1v) is 11.0. The summed E-state index contributed by atoms with van der Waals surface area (Å²) in [5.41, 5.74) is 11.3. The van der Waals surface area contributed by atoms with Crippen molar-refractivity contribution in [1.29, 1.82) is 0 Å². The van der Waals surface area contributed by atoms with Crippen molar-refractivity contribution in [3.63, 3.8) is 0 Å². The summed E-state index contributed by atoms with van der Waals surface area (Å²) >= 11 is 0. The Balaban J connectivity index is 1.65. The third-order valence-electron chi connectivity index (χ3n) is 5.37. The number of rotatable bonds is 10. The number of hydroxylamine groups is 1. The Kier molecular flexibility index (Phi) is 8.94. The number of amides is 2. The molecule has 2 amide bonds. The third-order valence-corrected chi connectivity index (χ3v) is 5.37. The van der Waals surface area contributed by atoms with Gasteiger partial charge < -0.3 is 16.1 Å². The van der Waals surface area contributed by atoms with E-state index in [4.69, 9.17) is 16.8 Å². The van der Waals surface area contributed by atoms with Gasteiger partial charge in [0, 0.05) is 17.5 Å². The van der Waals surface area contributed by atoms with Crippen LogP contribution in [0.5, 0.6) is 0 Å². The molecule has 0 saturated heterocycles. The minimum absolute atomic E-state index is 0.00536. The monoisotopic (exact) mass is 477 g/mol. The standard InChI is InChI=1S/C26H28FN5O3/c27-22-12-10-21(11-13-22)26(34)30-16-23(28)17-32(29)24(15-25(33)31-35)14-18-6-8-20(9-7-18)19-4-2-1-3-5-19/h1-13,17,24,35H,14-16,28-29H2,(H,30,34)(H,31,33)/b23-17-. The number of hydrogen-bond donors (Lipinski definition) is 5. The largest absolute Gasteiger partial charge is 0.399 e. The molecule has 0 saturated carbocycles. The van der Waals surface area contributed by atoms with Crippen molar-refractivity contribution in [2.75, 3.05) is 6.54 Å². The highest BCUT2D eigenvalue weighted by atomic mass is 19.1. The highest BCUT2D eigenvalue weighted by Gasteiger charge is 2.19. The average molecular weight is 478 g/mol. The van der Waals surface area contributed by atoms with Crippen molar-refractivity contribution in [2.45, 2.75) is 18.9 Å². The second-order valence-corrected chi connectivity index (χ2v) is 8.00. The lowest BCUT2D eigenvalue weighted by molar-refractivity contribution is -0.130. The van der Waals surface area contributed by atoms with Crippen LogP contribution in [-0.2, 0) is 11.2 Å². The van der Waals surface area contributed by atoms with Gasteiger partial charge in [-0.15, -0.1) is 0 Å². The van der Waals surface area contributed by atoms with Crippen LogP contribution in [0.2, 0.25) is 0 Å². The fourth-order valence-corrected chi connectivity index (χ4v) is 3.51. The lowest BCUT2D eigenvalue weighted by Crippen LogP contribution is -2.42. The Bertz CT molecular complexity index is 1150. The van der Waals surface area contributed by atoms with Gasteiger partial charge in [-0.1, -0.05) is 54.6 Å². The minimum atomic E-state index is -0.595. The van der Waals surface area contributed by atoms with E-state index in [1.807, 2.05) is 54.6 Å². The van der Waals surface area contributed by atoms with Crippen LogP contribution in [0.15, 0.2) is 90.8 Å². The average Bonchev–Trinajstić information content (AvgIpc) is 2.88. The molecule has 3 aromatic carbocycles. The number of nitrogens with zero attached hydrogens (tertiary/aromatic N) is 1. The molecule has 0 heterocycles. The van der Waals surface area contributed by atoms with Gasteiger partial charge in [-0.25, -0.2) is 15.7 Å². The second-order valence-electron chi connectivity index (χ2n) is 8.00. The molecule has 3 aromatic rings. The van der Waals surface area contributed by atoms with E-state index in [-0.39, 0.29) is 18.7 Å². The van der Waals surface area contributed by atoms with E-state index in [2.05, 4.69) is 5.32 Å². The van der Waals surface area contributed by atoms with E-state index < -0.39 is 23.7 Å². The van der Waals surface area contributed by atoms with Crippen LogP contribution in [0.25, 0.3) is 11.1 Å². The molecule has 1 unspecified atom stereocenters. The van der Waals surface area contributed by atoms with Crippen molar-refractivity contribution >= 4 is 11.8 Å². The molecule has 1 atom stereocenters. The van der Waals surface area contributed by atoms with E-state index >= 15 is 0 Å². The van der Waals surface area contributed by atoms with Gasteiger partial charge in [0.15, 0.2) is 0 Å². The first kappa shape index (κ1) is 25.4. The van der Waals surface area contributed by atoms with Crippen molar-refractivity contribution in [2.24, 2.45) is 11.6 Å². The van der Waals surface area contributed by atoms with Gasteiger partial charge in [0.25, 0.3) is 5.91 Å². The van der Waals surface area contributed by atoms with Crippen molar-refractivity contribution < 1.29 is 19.2 Å². The van der Waals surface area contributed by atoms with Crippen LogP contribution in [-0.4, -0.2) is 34.6 Å². The van der Waals surface area contributed by atoms with E-state index in [1.54, 1.807) is 5.48 Å². The number of hydrogen-bond acceptors (Lipinski definition) is 6. The molecule has 35 heavy (non-hydrogen) atoms. The molecule has 8 nitrogen and oxygen atoms in total. The fraction of sp³-hybridized carbons (Fsp3) is 0.154. The van der Waals surface area contributed by atoms with Crippen molar-refractivity contribution in [3.8, 4) is 11.1 Å². The maximum atomic E-state index is 13.0. The van der Waals surface area contributed by atoms with Gasteiger partial charge in [-0.3, -0.25) is 14.8 Å². The first-order valence-electron chi connectivity index (χ1n) is 11.0. The van der Waals surface area contributed by atoms with Gasteiger partial charge in [-0.2, -0.15) is 0 Å². The number of nitrogens with one attached hydrogen (secondary N) is 2. The predicted molar refractivity (Wildman–Crippen MR) is 131 cm³/mol. The van der Waals surface area contributed by atoms with Crippen LogP contribution in [0.3, 0.4) is 0 Å². The van der Waals surface area contributed by atoms with E-state index in [1.165, 1.54) is 35.5 Å². The van der Waals surface area contributed by atoms with Gasteiger partial charge in [-0.05, 0) is 47.4 Å². The molecule has 9 heteroatoms. The van der Waals surface area contributed by atoms with Crippen LogP contribution in [0, 0.1) is 5.82 Å². The van der Waals surface area contributed by atoms with Crippen molar-refractivity contribution in [1.82, 2.24) is 15.8 Å². The van der Waals surface area contributed by atoms with E-state index in [0.29, 0.717) is 12.0 Å². The molecular formula is C26H28FN5O3. The zero-order valence-corrected chi connectivity index (χ0v) is 19.0. The van der Waals surface area contributed by atoms with Crippen LogP contribution >= 0.6 is 0 Å². The Hall–Kier alpha value is -4.21. The number of benzene rings is 3. The van der Waals surface area contributed by atoms with Gasteiger partial charge >= 0.3 is 0 Å². The quantitative estimate of drug-likeness (QED) is 0.173. The zero-order valence-electron chi connectivity index (χ0n) is 19.0. The molecule has 0 aliphatic heterocycles. The summed E-state index contributed by atoms with van der Waals surface area (Å²) < 4.78 is 13.0. The third kappa shape index (κ3) is 7.66. The van der Waals surface area contributed by atoms with Gasteiger partial charge in [0.2, 0.25) is 5.91 Å². The SMILES string of the molecule is N/C(=C\N(N)C(CC(=O)NO)Cc1ccc(-c2ccccc2)cc1)CNC(=O)c1ccc(F)cc1. The highest BCUT2D eigenvalue weighted by Crippen LogP contribution is 2.20. The lowest BCUT2D eigenvalue weighted by atomic mass is 9.99. The zero-order chi connectivity index (χ0) is 25.2. The summed E-state index contributed by atoms with van der Waals surface area (Å²) in [6.45, 7) is -0.00536. The molecule has 0 aromatic heterocycles. The van der Waals surface area contributed by atoms with Gasteiger partial charge in [0.1, 0.15) is 5.82 Å². The topological polar surface area (TPSA) is 134 Å². The molecule has 182 valence electrons. The summed E-state index contributed by atoms with van der Waals surface area (Å²) in [7, 11) is 0. The normalized spacial score (nSPS) is 12.0. The Morgan fingerprint density at radius 3 is 2.23 bits per heavy atom. The molecule has 0 aliphatic rings. The molecule has 0 fully saturated rings. The Morgan fingerprint density at radius 1 is 0.971 bits per heavy atom. The fourth-order valence-electron chi connectivity index (χ4n) is 3.51. The van der Waals surface area contributed by atoms with Gasteiger partial charge in [0.05, 0.1) is 19.0 Å². The first-order chi connectivity index (χ1) is 16.9. The summed E-state index contributed by atoms with van der Waals surface area (Å²) in [5.74, 6) is 4.74. The van der Waals surface area contributed by atoms with Crippen LogP contribution < -0.4 is 22.4 Å². The van der Waals surface area contributed by atoms with E-state index in [9.17, 15) is 14.0 Å². The molecule has 0 bridgehead atoms. The second kappa shape index (κ2) is 12.3. The molecule has 0 spiro atoms. The predicted octanol–water partition coefficient (Wildman–Crippen LogP) is 2.71. The minimum Gasteiger partial charge on any atom is -0.399 e. The molecule has 0 aliphatic carbocycles. The number of carbonyl (C=O) groups excluding carboxylic acids is 2. The maximum Gasteiger partial charge on any atom is 0.251 e. The Labute approximate surface area is 203 Å². The molecular weight excluding hydrogens is 449 g/mol. The molecule has 3 rings (SSSR count).